The van der Waals surface area contributed by atoms with Crippen molar-refractivity contribution in [3.63, 3.8) is 0 Å². The quantitative estimate of drug-likeness (QED) is 0.671. The first kappa shape index (κ1) is 15.2. The van der Waals surface area contributed by atoms with Gasteiger partial charge in [0.15, 0.2) is 0 Å². The van der Waals surface area contributed by atoms with Gasteiger partial charge in [-0.2, -0.15) is 0 Å². The van der Waals surface area contributed by atoms with Crippen LogP contribution in [0.15, 0.2) is 30.3 Å². The van der Waals surface area contributed by atoms with E-state index in [1.807, 2.05) is 30.3 Å². The van der Waals surface area contributed by atoms with Gasteiger partial charge in [-0.15, -0.1) is 0 Å². The fourth-order valence-electron chi connectivity index (χ4n) is 1.58. The Kier molecular flexibility index (Phi) is 6.60. The van der Waals surface area contributed by atoms with Crippen LogP contribution in [0.5, 0.6) is 0 Å². The third-order valence-corrected chi connectivity index (χ3v) is 2.69. The Morgan fingerprint density at radius 2 is 1.95 bits per heavy atom. The summed E-state index contributed by atoms with van der Waals surface area (Å²) < 4.78 is 0. The van der Waals surface area contributed by atoms with E-state index in [9.17, 15) is 9.59 Å². The minimum Gasteiger partial charge on any atom is -0.350 e. The van der Waals surface area contributed by atoms with Gasteiger partial charge in [-0.05, 0) is 25.5 Å². The number of benzene rings is 1. The van der Waals surface area contributed by atoms with Crippen LogP contribution in [0.25, 0.3) is 0 Å². The molecule has 1 rings (SSSR count). The normalized spacial score (nSPS) is 11.7. The number of hydrogen-bond donors (Lipinski definition) is 3. The van der Waals surface area contributed by atoms with Crippen LogP contribution in [-0.2, 0) is 16.1 Å². The number of carbonyl (C=O) groups is 2. The molecule has 0 radical (unpaired) electrons. The van der Waals surface area contributed by atoms with E-state index in [0.29, 0.717) is 25.9 Å². The Hall–Kier alpha value is -1.88. The molecule has 0 bridgehead atoms. The van der Waals surface area contributed by atoms with Crippen LogP contribution in [0.2, 0.25) is 0 Å². The van der Waals surface area contributed by atoms with Crippen molar-refractivity contribution in [1.29, 1.82) is 0 Å². The SMILES string of the molecule is CC(NC(=O)CCCN)C(=O)NCc1ccccc1. The molecule has 0 aromatic heterocycles. The van der Waals surface area contributed by atoms with E-state index in [-0.39, 0.29) is 11.8 Å². The van der Waals surface area contributed by atoms with Gasteiger partial charge in [0.2, 0.25) is 11.8 Å². The average molecular weight is 263 g/mol. The highest BCUT2D eigenvalue weighted by Gasteiger charge is 2.14. The summed E-state index contributed by atoms with van der Waals surface area (Å²) in [5, 5.41) is 5.43. The molecular formula is C14H21N3O2. The summed E-state index contributed by atoms with van der Waals surface area (Å²) in [6, 6.07) is 9.09. The second kappa shape index (κ2) is 8.26. The first-order valence-corrected chi connectivity index (χ1v) is 6.44. The van der Waals surface area contributed by atoms with Crippen LogP contribution in [0.1, 0.15) is 25.3 Å². The first-order chi connectivity index (χ1) is 9.13. The molecule has 1 aromatic rings. The molecule has 1 aromatic carbocycles. The van der Waals surface area contributed by atoms with Crippen LogP contribution in [0.4, 0.5) is 0 Å². The van der Waals surface area contributed by atoms with Gasteiger partial charge in [0.1, 0.15) is 6.04 Å². The predicted octanol–water partition coefficient (Wildman–Crippen LogP) is 0.546. The molecular weight excluding hydrogens is 242 g/mol. The Bertz CT molecular complexity index is 406. The Balaban J connectivity index is 2.30. The fourth-order valence-corrected chi connectivity index (χ4v) is 1.58. The molecule has 0 aliphatic carbocycles. The molecule has 0 spiro atoms. The molecule has 19 heavy (non-hydrogen) atoms. The van der Waals surface area contributed by atoms with E-state index in [1.54, 1.807) is 6.92 Å². The molecule has 104 valence electrons. The van der Waals surface area contributed by atoms with E-state index < -0.39 is 6.04 Å². The molecule has 0 aliphatic rings. The van der Waals surface area contributed by atoms with E-state index in [4.69, 9.17) is 5.73 Å². The highest BCUT2D eigenvalue weighted by Crippen LogP contribution is 1.97. The summed E-state index contributed by atoms with van der Waals surface area (Å²) in [6.07, 6.45) is 0.983. The predicted molar refractivity (Wildman–Crippen MR) is 74.2 cm³/mol. The largest absolute Gasteiger partial charge is 0.350 e. The summed E-state index contributed by atoms with van der Waals surface area (Å²) in [7, 11) is 0. The number of nitrogens with one attached hydrogen (secondary N) is 2. The van der Waals surface area contributed by atoms with Crippen molar-refractivity contribution in [3.8, 4) is 0 Å². The third-order valence-electron chi connectivity index (χ3n) is 2.69. The molecule has 0 saturated carbocycles. The van der Waals surface area contributed by atoms with Crippen molar-refractivity contribution in [3.05, 3.63) is 35.9 Å². The lowest BCUT2D eigenvalue weighted by molar-refractivity contribution is -0.128. The van der Waals surface area contributed by atoms with Crippen molar-refractivity contribution >= 4 is 11.8 Å². The van der Waals surface area contributed by atoms with Crippen molar-refractivity contribution in [1.82, 2.24) is 10.6 Å². The smallest absolute Gasteiger partial charge is 0.242 e. The molecule has 1 atom stereocenters. The average Bonchev–Trinajstić information content (AvgIpc) is 2.43. The van der Waals surface area contributed by atoms with Crippen LogP contribution in [0, 0.1) is 0 Å². The Morgan fingerprint density at radius 1 is 1.26 bits per heavy atom. The van der Waals surface area contributed by atoms with E-state index >= 15 is 0 Å². The van der Waals surface area contributed by atoms with E-state index in [2.05, 4.69) is 10.6 Å². The summed E-state index contributed by atoms with van der Waals surface area (Å²) in [4.78, 5) is 23.2. The molecule has 5 nitrogen and oxygen atoms in total. The van der Waals surface area contributed by atoms with Gasteiger partial charge >= 0.3 is 0 Å². The summed E-state index contributed by atoms with van der Waals surface area (Å²) >= 11 is 0. The number of hydrogen-bond acceptors (Lipinski definition) is 3. The lowest BCUT2D eigenvalue weighted by Crippen LogP contribution is -2.44. The minimum absolute atomic E-state index is 0.146. The van der Waals surface area contributed by atoms with Crippen molar-refractivity contribution in [2.45, 2.75) is 32.4 Å². The van der Waals surface area contributed by atoms with Crippen molar-refractivity contribution in [2.75, 3.05) is 6.54 Å². The van der Waals surface area contributed by atoms with Gasteiger partial charge in [-0.25, -0.2) is 0 Å². The number of carbonyl (C=O) groups excluding carboxylic acids is 2. The van der Waals surface area contributed by atoms with E-state index in [1.165, 1.54) is 0 Å². The highest BCUT2D eigenvalue weighted by molar-refractivity contribution is 5.87. The summed E-state index contributed by atoms with van der Waals surface area (Å²) in [5.41, 5.74) is 6.35. The van der Waals surface area contributed by atoms with Gasteiger partial charge in [-0.3, -0.25) is 9.59 Å². The first-order valence-electron chi connectivity index (χ1n) is 6.44. The highest BCUT2D eigenvalue weighted by atomic mass is 16.2. The molecule has 5 heteroatoms. The summed E-state index contributed by atoms with van der Waals surface area (Å²) in [5.74, 6) is -0.335. The maximum atomic E-state index is 11.8. The van der Waals surface area contributed by atoms with Crippen LogP contribution >= 0.6 is 0 Å². The van der Waals surface area contributed by atoms with Gasteiger partial charge < -0.3 is 16.4 Å². The van der Waals surface area contributed by atoms with E-state index in [0.717, 1.165) is 5.56 Å². The lowest BCUT2D eigenvalue weighted by atomic mass is 10.2. The van der Waals surface area contributed by atoms with Crippen molar-refractivity contribution in [2.24, 2.45) is 5.73 Å². The molecule has 0 saturated heterocycles. The van der Waals surface area contributed by atoms with Crippen LogP contribution in [-0.4, -0.2) is 24.4 Å². The number of amides is 2. The van der Waals surface area contributed by atoms with Crippen LogP contribution < -0.4 is 16.4 Å². The fraction of sp³-hybridized carbons (Fsp3) is 0.429. The second-order valence-electron chi connectivity index (χ2n) is 4.38. The van der Waals surface area contributed by atoms with Gasteiger partial charge in [0.25, 0.3) is 0 Å². The molecule has 2 amide bonds. The monoisotopic (exact) mass is 263 g/mol. The second-order valence-corrected chi connectivity index (χ2v) is 4.38. The minimum atomic E-state index is -0.533. The maximum absolute atomic E-state index is 11.8. The number of nitrogens with two attached hydrogens (primary N) is 1. The van der Waals surface area contributed by atoms with Crippen molar-refractivity contribution < 1.29 is 9.59 Å². The van der Waals surface area contributed by atoms with Gasteiger partial charge in [-0.1, -0.05) is 30.3 Å². The molecule has 0 heterocycles. The Morgan fingerprint density at radius 3 is 2.58 bits per heavy atom. The standard InChI is InChI=1S/C14H21N3O2/c1-11(17-13(18)8-5-9-15)14(19)16-10-12-6-3-2-4-7-12/h2-4,6-7,11H,5,8-10,15H2,1H3,(H,16,19)(H,17,18). The van der Waals surface area contributed by atoms with Gasteiger partial charge in [0.05, 0.1) is 0 Å². The van der Waals surface area contributed by atoms with Gasteiger partial charge in [0, 0.05) is 13.0 Å². The molecule has 0 fully saturated rings. The molecule has 1 unspecified atom stereocenters. The Labute approximate surface area is 113 Å². The molecule has 4 N–H and O–H groups in total. The number of rotatable bonds is 7. The maximum Gasteiger partial charge on any atom is 0.242 e. The third kappa shape index (κ3) is 6.01. The topological polar surface area (TPSA) is 84.2 Å². The zero-order chi connectivity index (χ0) is 14.1. The molecule has 0 aliphatic heterocycles. The zero-order valence-electron chi connectivity index (χ0n) is 11.2. The van der Waals surface area contributed by atoms with Crippen LogP contribution in [0.3, 0.4) is 0 Å². The zero-order valence-corrected chi connectivity index (χ0v) is 11.2. The summed E-state index contributed by atoms with van der Waals surface area (Å²) in [6.45, 7) is 2.60. The lowest BCUT2D eigenvalue weighted by Gasteiger charge is -2.14.